The summed E-state index contributed by atoms with van der Waals surface area (Å²) in [5.41, 5.74) is -0.120. The average Bonchev–Trinajstić information content (AvgIpc) is 2.62. The van der Waals surface area contributed by atoms with E-state index in [4.69, 9.17) is 0 Å². The van der Waals surface area contributed by atoms with Crippen molar-refractivity contribution in [1.82, 2.24) is 9.97 Å². The van der Waals surface area contributed by atoms with Gasteiger partial charge in [0.05, 0.1) is 23.7 Å². The van der Waals surface area contributed by atoms with Crippen molar-refractivity contribution < 1.29 is 17.6 Å². The molecule has 0 aliphatic rings. The van der Waals surface area contributed by atoms with Crippen LogP contribution in [-0.4, -0.2) is 16.5 Å². The van der Waals surface area contributed by atoms with Gasteiger partial charge in [0.2, 0.25) is 0 Å². The minimum absolute atomic E-state index is 0.0751. The Labute approximate surface area is 147 Å². The zero-order valence-corrected chi connectivity index (χ0v) is 13.8. The van der Waals surface area contributed by atoms with Crippen LogP contribution in [0.3, 0.4) is 0 Å². The van der Waals surface area contributed by atoms with Crippen molar-refractivity contribution in [2.75, 3.05) is 11.9 Å². The van der Waals surface area contributed by atoms with Crippen molar-refractivity contribution in [3.63, 3.8) is 0 Å². The molecule has 0 aliphatic heterocycles. The summed E-state index contributed by atoms with van der Waals surface area (Å²) in [6.07, 6.45) is -1.58. The molecule has 0 atom stereocenters. The third-order valence-corrected chi connectivity index (χ3v) is 3.79. The van der Waals surface area contributed by atoms with Gasteiger partial charge in [0, 0.05) is 17.7 Å². The minimum atomic E-state index is -4.49. The zero-order valence-electron chi connectivity index (χ0n) is 13.8. The third kappa shape index (κ3) is 3.66. The molecule has 134 valence electrons. The molecule has 0 amide bonds. The first-order valence-corrected chi connectivity index (χ1v) is 7.92. The molecule has 1 N–H and O–H groups in total. The maximum atomic E-state index is 15.0. The van der Waals surface area contributed by atoms with Crippen LogP contribution in [0, 0.1) is 5.82 Å². The van der Waals surface area contributed by atoms with Crippen LogP contribution in [0.5, 0.6) is 0 Å². The molecule has 2 aromatic carbocycles. The molecule has 3 nitrogen and oxygen atoms in total. The molecule has 3 rings (SSSR count). The summed E-state index contributed by atoms with van der Waals surface area (Å²) in [6.45, 7) is 2.58. The number of benzene rings is 2. The molecule has 0 fully saturated rings. The van der Waals surface area contributed by atoms with Gasteiger partial charge in [-0.3, -0.25) is 4.98 Å². The largest absolute Gasteiger partial charge is 0.416 e. The van der Waals surface area contributed by atoms with Gasteiger partial charge in [0.1, 0.15) is 11.6 Å². The lowest BCUT2D eigenvalue weighted by molar-refractivity contribution is -0.137. The van der Waals surface area contributed by atoms with E-state index in [0.29, 0.717) is 18.1 Å². The maximum Gasteiger partial charge on any atom is 0.416 e. The Kier molecular flexibility index (Phi) is 4.88. The summed E-state index contributed by atoms with van der Waals surface area (Å²) in [4.78, 5) is 8.32. The van der Waals surface area contributed by atoms with Crippen molar-refractivity contribution in [2.24, 2.45) is 0 Å². The second kappa shape index (κ2) is 7.11. The molecule has 0 saturated carbocycles. The van der Waals surface area contributed by atoms with Gasteiger partial charge in [-0.05, 0) is 30.7 Å². The Morgan fingerprint density at radius 1 is 0.962 bits per heavy atom. The molecule has 26 heavy (non-hydrogen) atoms. The zero-order chi connectivity index (χ0) is 18.7. The standard InChI is InChI=1S/C19H15F4N3/c1-2-24-17-11-25-16(10-26-17)15-8-4-7-14(18(15)20)12-5-3-6-13(9-12)19(21,22)23/h3-11H,2H2,1H3,(H,24,26). The number of rotatable bonds is 4. The summed E-state index contributed by atoms with van der Waals surface area (Å²) in [6, 6.07) is 9.12. The fraction of sp³-hybridized carbons (Fsp3) is 0.158. The topological polar surface area (TPSA) is 37.8 Å². The van der Waals surface area contributed by atoms with E-state index in [0.717, 1.165) is 12.1 Å². The minimum Gasteiger partial charge on any atom is -0.369 e. The van der Waals surface area contributed by atoms with Crippen LogP contribution in [0.2, 0.25) is 0 Å². The first kappa shape index (κ1) is 17.8. The van der Waals surface area contributed by atoms with Crippen molar-refractivity contribution in [3.8, 4) is 22.4 Å². The Hall–Kier alpha value is -2.96. The molecule has 0 aliphatic carbocycles. The number of hydrogen-bond donors (Lipinski definition) is 1. The van der Waals surface area contributed by atoms with Crippen molar-refractivity contribution in [1.29, 1.82) is 0 Å². The summed E-state index contributed by atoms with van der Waals surface area (Å²) in [5.74, 6) is -0.0805. The van der Waals surface area contributed by atoms with Gasteiger partial charge in [-0.2, -0.15) is 13.2 Å². The Balaban J connectivity index is 2.03. The molecule has 0 saturated heterocycles. The Morgan fingerprint density at radius 3 is 2.35 bits per heavy atom. The number of hydrogen-bond acceptors (Lipinski definition) is 3. The van der Waals surface area contributed by atoms with Crippen LogP contribution in [0.4, 0.5) is 23.4 Å². The van der Waals surface area contributed by atoms with Crippen molar-refractivity contribution in [3.05, 3.63) is 66.2 Å². The average molecular weight is 361 g/mol. The highest BCUT2D eigenvalue weighted by Crippen LogP contribution is 2.34. The predicted octanol–water partition coefficient (Wildman–Crippen LogP) is 5.40. The van der Waals surface area contributed by atoms with Crippen LogP contribution >= 0.6 is 0 Å². The van der Waals surface area contributed by atoms with E-state index in [9.17, 15) is 17.6 Å². The smallest absolute Gasteiger partial charge is 0.369 e. The molecule has 7 heteroatoms. The number of anilines is 1. The lowest BCUT2D eigenvalue weighted by Gasteiger charge is -2.11. The number of aromatic nitrogens is 2. The number of nitrogens with zero attached hydrogens (tertiary/aromatic N) is 2. The molecule has 0 bridgehead atoms. The van der Waals surface area contributed by atoms with Crippen LogP contribution in [0.1, 0.15) is 12.5 Å². The quantitative estimate of drug-likeness (QED) is 0.632. The van der Waals surface area contributed by atoms with Gasteiger partial charge in [0.15, 0.2) is 0 Å². The van der Waals surface area contributed by atoms with Gasteiger partial charge in [-0.25, -0.2) is 9.37 Å². The highest BCUT2D eigenvalue weighted by Gasteiger charge is 2.30. The second-order valence-corrected chi connectivity index (χ2v) is 5.56. The molecular weight excluding hydrogens is 346 g/mol. The summed E-state index contributed by atoms with van der Waals surface area (Å²) in [7, 11) is 0. The normalized spacial score (nSPS) is 11.4. The first-order valence-electron chi connectivity index (χ1n) is 7.92. The van der Waals surface area contributed by atoms with Crippen molar-refractivity contribution >= 4 is 5.82 Å². The first-order chi connectivity index (χ1) is 12.4. The van der Waals surface area contributed by atoms with Crippen LogP contribution in [0.25, 0.3) is 22.4 Å². The van der Waals surface area contributed by atoms with E-state index in [1.54, 1.807) is 6.07 Å². The highest BCUT2D eigenvalue weighted by atomic mass is 19.4. The van der Waals surface area contributed by atoms with E-state index in [1.807, 2.05) is 6.92 Å². The second-order valence-electron chi connectivity index (χ2n) is 5.56. The van der Waals surface area contributed by atoms with Crippen LogP contribution in [0.15, 0.2) is 54.9 Å². The predicted molar refractivity (Wildman–Crippen MR) is 92.0 cm³/mol. The molecule has 0 spiro atoms. The van der Waals surface area contributed by atoms with Crippen LogP contribution < -0.4 is 5.32 Å². The van der Waals surface area contributed by atoms with Gasteiger partial charge in [0.25, 0.3) is 0 Å². The van der Waals surface area contributed by atoms with E-state index in [2.05, 4.69) is 15.3 Å². The van der Waals surface area contributed by atoms with E-state index in [-0.39, 0.29) is 16.7 Å². The molecule has 1 heterocycles. The Morgan fingerprint density at radius 2 is 1.69 bits per heavy atom. The van der Waals surface area contributed by atoms with Gasteiger partial charge in [-0.1, -0.05) is 24.3 Å². The monoisotopic (exact) mass is 361 g/mol. The molecular formula is C19H15F4N3. The lowest BCUT2D eigenvalue weighted by Crippen LogP contribution is -2.04. The fourth-order valence-electron chi connectivity index (χ4n) is 2.56. The SMILES string of the molecule is CCNc1cnc(-c2cccc(-c3cccc(C(F)(F)F)c3)c2F)cn1. The molecule has 1 aromatic heterocycles. The van der Waals surface area contributed by atoms with Crippen LogP contribution in [-0.2, 0) is 6.18 Å². The molecule has 3 aromatic rings. The van der Waals surface area contributed by atoms with Gasteiger partial charge >= 0.3 is 6.18 Å². The van der Waals surface area contributed by atoms with E-state index < -0.39 is 17.6 Å². The number of halogens is 4. The molecule has 0 radical (unpaired) electrons. The lowest BCUT2D eigenvalue weighted by atomic mass is 9.99. The van der Waals surface area contributed by atoms with Crippen molar-refractivity contribution in [2.45, 2.75) is 13.1 Å². The maximum absolute atomic E-state index is 15.0. The van der Waals surface area contributed by atoms with E-state index in [1.165, 1.54) is 36.7 Å². The highest BCUT2D eigenvalue weighted by molar-refractivity contribution is 5.73. The fourth-order valence-corrected chi connectivity index (χ4v) is 2.56. The third-order valence-electron chi connectivity index (χ3n) is 3.79. The molecule has 0 unspecified atom stereocenters. The number of alkyl halides is 3. The van der Waals surface area contributed by atoms with Gasteiger partial charge in [-0.15, -0.1) is 0 Å². The summed E-state index contributed by atoms with van der Waals surface area (Å²) >= 11 is 0. The summed E-state index contributed by atoms with van der Waals surface area (Å²) in [5, 5.41) is 2.98. The summed E-state index contributed by atoms with van der Waals surface area (Å²) < 4.78 is 53.7. The Bertz CT molecular complexity index is 905. The van der Waals surface area contributed by atoms with Gasteiger partial charge < -0.3 is 5.32 Å². The number of nitrogens with one attached hydrogen (secondary N) is 1. The van der Waals surface area contributed by atoms with E-state index >= 15 is 0 Å².